The Morgan fingerprint density at radius 3 is 2.90 bits per heavy atom. The lowest BCUT2D eigenvalue weighted by Gasteiger charge is -2.05. The first-order chi connectivity index (χ1) is 9.74. The summed E-state index contributed by atoms with van der Waals surface area (Å²) in [6.45, 7) is 2.65. The third kappa shape index (κ3) is 2.47. The van der Waals surface area contributed by atoms with E-state index < -0.39 is 0 Å². The molecule has 0 saturated carbocycles. The number of rotatable bonds is 4. The number of fused-ring (bicyclic) bond motifs is 1. The first kappa shape index (κ1) is 12.6. The van der Waals surface area contributed by atoms with Gasteiger partial charge in [0, 0.05) is 12.1 Å². The molecule has 3 rings (SSSR count). The predicted molar refractivity (Wildman–Crippen MR) is 72.0 cm³/mol. The maximum atomic E-state index is 11.9. The SMILES string of the molecule is Cc1ccoc1C(=O)NCCc1ccc2c(c1)OCO2. The van der Waals surface area contributed by atoms with Crippen molar-refractivity contribution in [1.82, 2.24) is 5.32 Å². The van der Waals surface area contributed by atoms with Crippen molar-refractivity contribution < 1.29 is 18.7 Å². The van der Waals surface area contributed by atoms with Gasteiger partial charge in [-0.3, -0.25) is 4.79 Å². The van der Waals surface area contributed by atoms with Crippen molar-refractivity contribution in [3.63, 3.8) is 0 Å². The Morgan fingerprint density at radius 1 is 1.25 bits per heavy atom. The molecule has 0 radical (unpaired) electrons. The summed E-state index contributed by atoms with van der Waals surface area (Å²) in [6.07, 6.45) is 2.24. The van der Waals surface area contributed by atoms with E-state index >= 15 is 0 Å². The van der Waals surface area contributed by atoms with E-state index in [-0.39, 0.29) is 12.7 Å². The number of nitrogens with one attached hydrogen (secondary N) is 1. The second-order valence-electron chi connectivity index (χ2n) is 4.63. The summed E-state index contributed by atoms with van der Waals surface area (Å²) < 4.78 is 15.7. The third-order valence-electron chi connectivity index (χ3n) is 3.20. The van der Waals surface area contributed by atoms with Crippen molar-refractivity contribution >= 4 is 5.91 Å². The zero-order chi connectivity index (χ0) is 13.9. The Kier molecular flexibility index (Phi) is 3.33. The van der Waals surface area contributed by atoms with E-state index in [9.17, 15) is 4.79 Å². The van der Waals surface area contributed by atoms with Crippen LogP contribution in [0, 0.1) is 6.92 Å². The summed E-state index contributed by atoms with van der Waals surface area (Å²) in [4.78, 5) is 11.9. The van der Waals surface area contributed by atoms with Gasteiger partial charge in [0.05, 0.1) is 6.26 Å². The number of amides is 1. The van der Waals surface area contributed by atoms with E-state index in [4.69, 9.17) is 13.9 Å². The number of carbonyl (C=O) groups excluding carboxylic acids is 1. The molecule has 0 saturated heterocycles. The van der Waals surface area contributed by atoms with Crippen LogP contribution in [0.25, 0.3) is 0 Å². The molecule has 1 N–H and O–H groups in total. The number of carbonyl (C=O) groups is 1. The minimum absolute atomic E-state index is 0.187. The van der Waals surface area contributed by atoms with E-state index in [2.05, 4.69) is 5.32 Å². The second-order valence-corrected chi connectivity index (χ2v) is 4.63. The Balaban J connectivity index is 1.55. The van der Waals surface area contributed by atoms with Gasteiger partial charge < -0.3 is 19.2 Å². The van der Waals surface area contributed by atoms with Gasteiger partial charge in [-0.25, -0.2) is 0 Å². The van der Waals surface area contributed by atoms with Gasteiger partial charge >= 0.3 is 0 Å². The lowest BCUT2D eigenvalue weighted by Crippen LogP contribution is -2.25. The van der Waals surface area contributed by atoms with Crippen LogP contribution >= 0.6 is 0 Å². The minimum Gasteiger partial charge on any atom is -0.459 e. The van der Waals surface area contributed by atoms with Gasteiger partial charge in [-0.15, -0.1) is 0 Å². The zero-order valence-corrected chi connectivity index (χ0v) is 11.1. The molecule has 0 spiro atoms. The standard InChI is InChI=1S/C15H15NO4/c1-10-5-7-18-14(10)15(17)16-6-4-11-2-3-12-13(8-11)20-9-19-12/h2-3,5,7-8H,4,6,9H2,1H3,(H,16,17). The van der Waals surface area contributed by atoms with Gasteiger partial charge in [0.25, 0.3) is 5.91 Å². The van der Waals surface area contributed by atoms with Crippen molar-refractivity contribution in [3.05, 3.63) is 47.4 Å². The van der Waals surface area contributed by atoms with Crippen molar-refractivity contribution in [1.29, 1.82) is 0 Å². The molecule has 5 heteroatoms. The first-order valence-electron chi connectivity index (χ1n) is 6.45. The summed E-state index contributed by atoms with van der Waals surface area (Å²) in [5.74, 6) is 1.71. The van der Waals surface area contributed by atoms with Crippen molar-refractivity contribution in [2.45, 2.75) is 13.3 Å². The van der Waals surface area contributed by atoms with Crippen LogP contribution in [0.4, 0.5) is 0 Å². The third-order valence-corrected chi connectivity index (χ3v) is 3.20. The molecule has 0 fully saturated rings. The molecule has 1 aliphatic heterocycles. The number of benzene rings is 1. The highest BCUT2D eigenvalue weighted by molar-refractivity contribution is 5.92. The van der Waals surface area contributed by atoms with Gasteiger partial charge in [-0.2, -0.15) is 0 Å². The molecule has 0 bridgehead atoms. The molecule has 1 aromatic carbocycles. The highest BCUT2D eigenvalue weighted by atomic mass is 16.7. The zero-order valence-electron chi connectivity index (χ0n) is 11.1. The van der Waals surface area contributed by atoms with Crippen LogP contribution in [-0.2, 0) is 6.42 Å². The molecule has 0 atom stereocenters. The molecule has 0 unspecified atom stereocenters. The molecule has 2 heterocycles. The fourth-order valence-electron chi connectivity index (χ4n) is 2.10. The molecule has 1 aromatic heterocycles. The van der Waals surface area contributed by atoms with Gasteiger partial charge in [-0.1, -0.05) is 6.07 Å². The van der Waals surface area contributed by atoms with Crippen LogP contribution in [-0.4, -0.2) is 19.2 Å². The summed E-state index contributed by atoms with van der Waals surface area (Å²) >= 11 is 0. The molecule has 104 valence electrons. The molecule has 1 aliphatic rings. The maximum Gasteiger partial charge on any atom is 0.287 e. The normalized spacial score (nSPS) is 12.4. The maximum absolute atomic E-state index is 11.9. The lowest BCUT2D eigenvalue weighted by molar-refractivity contribution is 0.0925. The van der Waals surface area contributed by atoms with Crippen molar-refractivity contribution in [3.8, 4) is 11.5 Å². The van der Waals surface area contributed by atoms with Crippen LogP contribution in [0.5, 0.6) is 11.5 Å². The van der Waals surface area contributed by atoms with Crippen molar-refractivity contribution in [2.75, 3.05) is 13.3 Å². The van der Waals surface area contributed by atoms with Gasteiger partial charge in [0.2, 0.25) is 6.79 Å². The molecule has 20 heavy (non-hydrogen) atoms. The van der Waals surface area contributed by atoms with Crippen LogP contribution < -0.4 is 14.8 Å². The lowest BCUT2D eigenvalue weighted by atomic mass is 10.1. The monoisotopic (exact) mass is 273 g/mol. The Morgan fingerprint density at radius 2 is 2.10 bits per heavy atom. The average molecular weight is 273 g/mol. The van der Waals surface area contributed by atoms with Gasteiger partial charge in [0.15, 0.2) is 17.3 Å². The fourth-order valence-corrected chi connectivity index (χ4v) is 2.10. The summed E-state index contributed by atoms with van der Waals surface area (Å²) in [5, 5.41) is 2.84. The number of aryl methyl sites for hydroxylation is 1. The second kappa shape index (κ2) is 5.28. The Bertz CT molecular complexity index is 633. The fraction of sp³-hybridized carbons (Fsp3) is 0.267. The average Bonchev–Trinajstić information content (AvgIpc) is 3.06. The largest absolute Gasteiger partial charge is 0.459 e. The van der Waals surface area contributed by atoms with E-state index in [0.717, 1.165) is 29.0 Å². The number of furan rings is 1. The molecule has 2 aromatic rings. The predicted octanol–water partition coefficient (Wildman–Crippen LogP) is 2.29. The van der Waals surface area contributed by atoms with Crippen LogP contribution in [0.2, 0.25) is 0 Å². The highest BCUT2D eigenvalue weighted by Crippen LogP contribution is 2.32. The highest BCUT2D eigenvalue weighted by Gasteiger charge is 2.14. The number of ether oxygens (including phenoxy) is 2. The molecular weight excluding hydrogens is 258 g/mol. The van der Waals surface area contributed by atoms with Crippen LogP contribution in [0.1, 0.15) is 21.7 Å². The molecule has 0 aliphatic carbocycles. The minimum atomic E-state index is -0.187. The summed E-state index contributed by atoms with van der Waals surface area (Å²) in [7, 11) is 0. The van der Waals surface area contributed by atoms with Gasteiger partial charge in [-0.05, 0) is 37.1 Å². The van der Waals surface area contributed by atoms with Gasteiger partial charge in [0.1, 0.15) is 0 Å². The Hall–Kier alpha value is -2.43. The van der Waals surface area contributed by atoms with E-state index in [1.807, 2.05) is 25.1 Å². The topological polar surface area (TPSA) is 60.7 Å². The smallest absolute Gasteiger partial charge is 0.287 e. The molecule has 1 amide bonds. The number of hydrogen-bond donors (Lipinski definition) is 1. The quantitative estimate of drug-likeness (QED) is 0.928. The molecule has 5 nitrogen and oxygen atoms in total. The van der Waals surface area contributed by atoms with E-state index in [1.165, 1.54) is 6.26 Å². The first-order valence-corrected chi connectivity index (χ1v) is 6.45. The van der Waals surface area contributed by atoms with E-state index in [1.54, 1.807) is 6.07 Å². The van der Waals surface area contributed by atoms with Crippen molar-refractivity contribution in [2.24, 2.45) is 0 Å². The number of hydrogen-bond acceptors (Lipinski definition) is 4. The Labute approximate surface area is 116 Å². The van der Waals surface area contributed by atoms with E-state index in [0.29, 0.717) is 12.3 Å². The van der Waals surface area contributed by atoms with Crippen LogP contribution in [0.3, 0.4) is 0 Å². The molecular formula is C15H15NO4. The van der Waals surface area contributed by atoms with Crippen LogP contribution in [0.15, 0.2) is 34.9 Å². The summed E-state index contributed by atoms with van der Waals surface area (Å²) in [5.41, 5.74) is 1.93. The summed E-state index contributed by atoms with van der Waals surface area (Å²) in [6, 6.07) is 7.56.